The van der Waals surface area contributed by atoms with Crippen LogP contribution in [-0.2, 0) is 6.42 Å². The van der Waals surface area contributed by atoms with Gasteiger partial charge in [-0.15, -0.1) is 0 Å². The van der Waals surface area contributed by atoms with Crippen LogP contribution >= 0.6 is 0 Å². The fourth-order valence-electron chi connectivity index (χ4n) is 3.79. The molecule has 1 saturated heterocycles. The monoisotopic (exact) mass is 368 g/mol. The third-order valence-electron chi connectivity index (χ3n) is 5.52. The molecule has 5 heteroatoms. The zero-order chi connectivity index (χ0) is 18.6. The SMILES string of the molecule is COc1ccc(-c2cc3c(cc2CCCN2CCN(C)CC2)OCO3)cc1. The number of piperazine rings is 1. The molecule has 0 spiro atoms. The molecule has 2 aliphatic rings. The second-order valence-electron chi connectivity index (χ2n) is 7.34. The average Bonchev–Trinajstić information content (AvgIpc) is 3.16. The summed E-state index contributed by atoms with van der Waals surface area (Å²) in [6, 6.07) is 12.5. The molecule has 0 N–H and O–H groups in total. The Balaban J connectivity index is 1.50. The molecule has 0 saturated carbocycles. The summed E-state index contributed by atoms with van der Waals surface area (Å²) in [5.74, 6) is 2.57. The third kappa shape index (κ3) is 4.20. The lowest BCUT2D eigenvalue weighted by Crippen LogP contribution is -2.44. The Morgan fingerprint density at radius 2 is 1.67 bits per heavy atom. The van der Waals surface area contributed by atoms with Crippen molar-refractivity contribution in [3.8, 4) is 28.4 Å². The van der Waals surface area contributed by atoms with Gasteiger partial charge in [0.25, 0.3) is 0 Å². The quantitative estimate of drug-likeness (QED) is 0.782. The Morgan fingerprint density at radius 1 is 0.963 bits per heavy atom. The van der Waals surface area contributed by atoms with E-state index in [1.54, 1.807) is 7.11 Å². The van der Waals surface area contributed by atoms with Crippen molar-refractivity contribution in [1.82, 2.24) is 9.80 Å². The van der Waals surface area contributed by atoms with Crippen molar-refractivity contribution in [2.45, 2.75) is 12.8 Å². The van der Waals surface area contributed by atoms with Crippen molar-refractivity contribution in [3.63, 3.8) is 0 Å². The Kier molecular flexibility index (Phi) is 5.50. The molecule has 0 atom stereocenters. The molecule has 2 heterocycles. The van der Waals surface area contributed by atoms with E-state index >= 15 is 0 Å². The van der Waals surface area contributed by atoms with Crippen molar-refractivity contribution in [2.75, 3.05) is 53.7 Å². The predicted molar refractivity (Wildman–Crippen MR) is 107 cm³/mol. The molecule has 0 amide bonds. The summed E-state index contributed by atoms with van der Waals surface area (Å²) >= 11 is 0. The minimum absolute atomic E-state index is 0.308. The predicted octanol–water partition coefficient (Wildman–Crippen LogP) is 3.27. The van der Waals surface area contributed by atoms with E-state index in [-0.39, 0.29) is 0 Å². The van der Waals surface area contributed by atoms with Crippen molar-refractivity contribution in [2.24, 2.45) is 0 Å². The van der Waals surface area contributed by atoms with E-state index in [4.69, 9.17) is 14.2 Å². The van der Waals surface area contributed by atoms with Crippen LogP contribution in [0.1, 0.15) is 12.0 Å². The van der Waals surface area contributed by atoms with Crippen LogP contribution in [0.5, 0.6) is 17.2 Å². The lowest BCUT2D eigenvalue weighted by molar-refractivity contribution is 0.153. The van der Waals surface area contributed by atoms with E-state index in [1.807, 2.05) is 12.1 Å². The number of likely N-dealkylation sites (N-methyl/N-ethyl adjacent to an activating group) is 1. The van der Waals surface area contributed by atoms with Crippen LogP contribution in [-0.4, -0.2) is 63.5 Å². The largest absolute Gasteiger partial charge is 0.497 e. The van der Waals surface area contributed by atoms with E-state index < -0.39 is 0 Å². The number of rotatable bonds is 6. The second kappa shape index (κ2) is 8.19. The van der Waals surface area contributed by atoms with Crippen LogP contribution in [0.25, 0.3) is 11.1 Å². The molecule has 0 unspecified atom stereocenters. The van der Waals surface area contributed by atoms with Crippen LogP contribution in [0.2, 0.25) is 0 Å². The normalized spacial score (nSPS) is 17.3. The number of benzene rings is 2. The fraction of sp³-hybridized carbons (Fsp3) is 0.455. The van der Waals surface area contributed by atoms with Crippen LogP contribution in [0.4, 0.5) is 0 Å². The molecule has 0 bridgehead atoms. The van der Waals surface area contributed by atoms with Crippen LogP contribution < -0.4 is 14.2 Å². The molecular weight excluding hydrogens is 340 g/mol. The van der Waals surface area contributed by atoms with E-state index in [9.17, 15) is 0 Å². The van der Waals surface area contributed by atoms with Gasteiger partial charge in [0.2, 0.25) is 6.79 Å². The van der Waals surface area contributed by atoms with Gasteiger partial charge in [-0.1, -0.05) is 12.1 Å². The molecule has 0 aromatic heterocycles. The van der Waals surface area contributed by atoms with Crippen molar-refractivity contribution >= 4 is 0 Å². The highest BCUT2D eigenvalue weighted by atomic mass is 16.7. The van der Waals surface area contributed by atoms with Gasteiger partial charge in [0.15, 0.2) is 11.5 Å². The van der Waals surface area contributed by atoms with Gasteiger partial charge < -0.3 is 24.0 Å². The Bertz CT molecular complexity index is 768. The maximum atomic E-state index is 5.62. The standard InChI is InChI=1S/C22H28N2O3/c1-23-10-12-24(13-11-23)9-3-4-18-14-21-22(27-16-26-21)15-20(18)17-5-7-19(25-2)8-6-17/h5-8,14-15H,3-4,9-13,16H2,1-2H3. The highest BCUT2D eigenvalue weighted by Gasteiger charge is 2.19. The number of hydrogen-bond donors (Lipinski definition) is 0. The summed E-state index contributed by atoms with van der Waals surface area (Å²) in [5.41, 5.74) is 3.72. The smallest absolute Gasteiger partial charge is 0.231 e. The van der Waals surface area contributed by atoms with E-state index in [0.717, 1.165) is 36.6 Å². The van der Waals surface area contributed by atoms with Gasteiger partial charge in [-0.05, 0) is 67.4 Å². The first kappa shape index (κ1) is 18.1. The second-order valence-corrected chi connectivity index (χ2v) is 7.34. The topological polar surface area (TPSA) is 34.2 Å². The molecule has 4 rings (SSSR count). The number of nitrogens with zero attached hydrogens (tertiary/aromatic N) is 2. The maximum absolute atomic E-state index is 5.62. The minimum Gasteiger partial charge on any atom is -0.497 e. The molecule has 144 valence electrons. The lowest BCUT2D eigenvalue weighted by Gasteiger charge is -2.32. The number of methoxy groups -OCH3 is 1. The fourth-order valence-corrected chi connectivity index (χ4v) is 3.79. The Morgan fingerprint density at radius 3 is 2.37 bits per heavy atom. The lowest BCUT2D eigenvalue weighted by atomic mass is 9.95. The summed E-state index contributed by atoms with van der Waals surface area (Å²) in [7, 11) is 3.89. The van der Waals surface area contributed by atoms with Gasteiger partial charge in [0.1, 0.15) is 5.75 Å². The Hall–Kier alpha value is -2.24. The van der Waals surface area contributed by atoms with Crippen molar-refractivity contribution in [3.05, 3.63) is 42.0 Å². The van der Waals surface area contributed by atoms with Crippen molar-refractivity contribution < 1.29 is 14.2 Å². The van der Waals surface area contributed by atoms with E-state index in [1.165, 1.54) is 42.9 Å². The molecule has 0 radical (unpaired) electrons. The number of ether oxygens (including phenoxy) is 3. The zero-order valence-electron chi connectivity index (χ0n) is 16.2. The molecule has 27 heavy (non-hydrogen) atoms. The highest BCUT2D eigenvalue weighted by molar-refractivity contribution is 5.72. The molecule has 0 aliphatic carbocycles. The summed E-state index contributed by atoms with van der Waals surface area (Å²) in [6.07, 6.45) is 2.18. The number of hydrogen-bond acceptors (Lipinski definition) is 5. The first-order valence-corrected chi connectivity index (χ1v) is 9.71. The average molecular weight is 368 g/mol. The van der Waals surface area contributed by atoms with E-state index in [2.05, 4.69) is 41.1 Å². The van der Waals surface area contributed by atoms with Gasteiger partial charge in [-0.2, -0.15) is 0 Å². The molecular formula is C22H28N2O3. The van der Waals surface area contributed by atoms with Crippen LogP contribution in [0.15, 0.2) is 36.4 Å². The van der Waals surface area contributed by atoms with Gasteiger partial charge in [-0.25, -0.2) is 0 Å². The molecule has 2 aromatic rings. The summed E-state index contributed by atoms with van der Waals surface area (Å²) < 4.78 is 16.5. The number of fused-ring (bicyclic) bond motifs is 1. The zero-order valence-corrected chi connectivity index (χ0v) is 16.2. The first-order valence-electron chi connectivity index (χ1n) is 9.71. The molecule has 2 aliphatic heterocycles. The summed E-state index contributed by atoms with van der Waals surface area (Å²) in [4.78, 5) is 4.97. The van der Waals surface area contributed by atoms with E-state index in [0.29, 0.717) is 6.79 Å². The van der Waals surface area contributed by atoms with Crippen molar-refractivity contribution in [1.29, 1.82) is 0 Å². The minimum atomic E-state index is 0.308. The highest BCUT2D eigenvalue weighted by Crippen LogP contribution is 2.39. The molecule has 1 fully saturated rings. The van der Waals surface area contributed by atoms with Gasteiger partial charge in [0, 0.05) is 26.2 Å². The van der Waals surface area contributed by atoms with Crippen LogP contribution in [0.3, 0.4) is 0 Å². The first-order chi connectivity index (χ1) is 13.2. The third-order valence-corrected chi connectivity index (χ3v) is 5.52. The number of aryl methyl sites for hydroxylation is 1. The summed E-state index contributed by atoms with van der Waals surface area (Å²) in [6.45, 7) is 6.13. The molecule has 5 nitrogen and oxygen atoms in total. The van der Waals surface area contributed by atoms with Gasteiger partial charge >= 0.3 is 0 Å². The van der Waals surface area contributed by atoms with Gasteiger partial charge in [0.05, 0.1) is 7.11 Å². The molecule has 2 aromatic carbocycles. The maximum Gasteiger partial charge on any atom is 0.231 e. The van der Waals surface area contributed by atoms with Crippen LogP contribution in [0, 0.1) is 0 Å². The Labute approximate surface area is 161 Å². The summed E-state index contributed by atoms with van der Waals surface area (Å²) in [5, 5.41) is 0. The van der Waals surface area contributed by atoms with Gasteiger partial charge in [-0.3, -0.25) is 0 Å².